The first-order valence-electron chi connectivity index (χ1n) is 11.2. The van der Waals surface area contributed by atoms with Crippen molar-refractivity contribution >= 4 is 0 Å². The Bertz CT molecular complexity index is 896. The molecule has 1 aliphatic heterocycles. The molecule has 0 spiro atoms. The molecule has 0 aliphatic carbocycles. The maximum Gasteiger partial charge on any atom is 0.0717 e. The van der Waals surface area contributed by atoms with E-state index in [1.165, 1.54) is 16.7 Å². The van der Waals surface area contributed by atoms with Crippen molar-refractivity contribution in [3.05, 3.63) is 108 Å². The van der Waals surface area contributed by atoms with Crippen LogP contribution in [0.2, 0.25) is 0 Å². The normalized spacial score (nSPS) is 24.6. The van der Waals surface area contributed by atoms with Crippen molar-refractivity contribution in [1.82, 2.24) is 4.90 Å². The van der Waals surface area contributed by atoms with Crippen LogP contribution in [-0.2, 0) is 19.3 Å². The largest absolute Gasteiger partial charge is 0.389 e. The van der Waals surface area contributed by atoms with Gasteiger partial charge in [-0.1, -0.05) is 91.0 Å². The Balaban J connectivity index is 1.52. The van der Waals surface area contributed by atoms with E-state index in [0.29, 0.717) is 12.1 Å². The maximum atomic E-state index is 11.6. The molecule has 0 saturated carbocycles. The molecule has 0 aromatic heterocycles. The lowest BCUT2D eigenvalue weighted by molar-refractivity contribution is -0.0695. The summed E-state index contributed by atoms with van der Waals surface area (Å²) in [6, 6.07) is 32.6. The van der Waals surface area contributed by atoms with Crippen LogP contribution >= 0.6 is 0 Å². The van der Waals surface area contributed by atoms with Gasteiger partial charge in [0, 0.05) is 25.0 Å². The summed E-state index contributed by atoms with van der Waals surface area (Å²) in [5.41, 5.74) is 3.31. The zero-order valence-electron chi connectivity index (χ0n) is 18.0. The molecule has 3 aromatic carbocycles. The minimum atomic E-state index is -0.649. The van der Waals surface area contributed by atoms with Gasteiger partial charge in [0.15, 0.2) is 0 Å². The van der Waals surface area contributed by atoms with Gasteiger partial charge in [-0.3, -0.25) is 4.90 Å². The first kappa shape index (κ1) is 20.8. The number of aliphatic hydroxyl groups is 1. The highest BCUT2D eigenvalue weighted by atomic mass is 16.3. The fourth-order valence-corrected chi connectivity index (χ4v) is 5.17. The summed E-state index contributed by atoms with van der Waals surface area (Å²) in [7, 11) is 0. The van der Waals surface area contributed by atoms with Crippen LogP contribution in [0.5, 0.6) is 0 Å². The van der Waals surface area contributed by atoms with E-state index < -0.39 is 5.60 Å². The molecule has 1 saturated heterocycles. The fourth-order valence-electron chi connectivity index (χ4n) is 5.17. The third-order valence-corrected chi connectivity index (χ3v) is 6.52. The molecule has 3 aromatic rings. The second-order valence-corrected chi connectivity index (χ2v) is 8.96. The van der Waals surface area contributed by atoms with Gasteiger partial charge in [0.1, 0.15) is 0 Å². The smallest absolute Gasteiger partial charge is 0.0717 e. The fraction of sp³-hybridized carbons (Fsp3) is 0.357. The summed E-state index contributed by atoms with van der Waals surface area (Å²) in [5, 5.41) is 11.6. The van der Waals surface area contributed by atoms with Crippen molar-refractivity contribution in [2.24, 2.45) is 0 Å². The van der Waals surface area contributed by atoms with Crippen LogP contribution in [0.25, 0.3) is 0 Å². The summed E-state index contributed by atoms with van der Waals surface area (Å²) in [4.78, 5) is 2.64. The number of likely N-dealkylation sites (tertiary alicyclic amines) is 1. The van der Waals surface area contributed by atoms with E-state index in [9.17, 15) is 5.11 Å². The number of benzene rings is 3. The molecular weight excluding hydrogens is 366 g/mol. The average molecular weight is 400 g/mol. The number of nitrogens with zero attached hydrogens (tertiary/aromatic N) is 1. The van der Waals surface area contributed by atoms with Crippen molar-refractivity contribution in [1.29, 1.82) is 0 Å². The molecule has 2 nitrogen and oxygen atoms in total. The van der Waals surface area contributed by atoms with Crippen LogP contribution in [0, 0.1) is 0 Å². The number of hydrogen-bond donors (Lipinski definition) is 1. The van der Waals surface area contributed by atoms with Crippen LogP contribution < -0.4 is 0 Å². The third kappa shape index (κ3) is 5.38. The van der Waals surface area contributed by atoms with E-state index in [2.05, 4.69) is 96.8 Å². The standard InChI is InChI=1S/C28H33NO/c1-23-20-28(30,21-26-15-9-4-10-16-26)22-27(19-25-13-7-3-8-14-25)29(23)18-17-24-11-5-2-6-12-24/h2-16,23,27,30H,17-22H2,1H3/t23-,27+,28-/m1/s1. The summed E-state index contributed by atoms with van der Waals surface area (Å²) in [5.74, 6) is 0. The Morgan fingerprint density at radius 2 is 1.30 bits per heavy atom. The molecule has 0 radical (unpaired) electrons. The summed E-state index contributed by atoms with van der Waals surface area (Å²) in [6.45, 7) is 3.32. The van der Waals surface area contributed by atoms with E-state index >= 15 is 0 Å². The van der Waals surface area contributed by atoms with E-state index in [1.54, 1.807) is 0 Å². The van der Waals surface area contributed by atoms with Gasteiger partial charge in [0.2, 0.25) is 0 Å². The molecule has 1 fully saturated rings. The SMILES string of the molecule is C[C@@H]1C[C@@](O)(Cc2ccccc2)C[C@H](Cc2ccccc2)N1CCc1ccccc1. The van der Waals surface area contributed by atoms with Crippen LogP contribution in [-0.4, -0.2) is 34.2 Å². The van der Waals surface area contributed by atoms with E-state index in [4.69, 9.17) is 0 Å². The molecule has 0 amide bonds. The Kier molecular flexibility index (Phi) is 6.66. The molecule has 4 rings (SSSR count). The predicted octanol–water partition coefficient (Wildman–Crippen LogP) is 5.30. The van der Waals surface area contributed by atoms with Crippen LogP contribution in [0.15, 0.2) is 91.0 Å². The second-order valence-electron chi connectivity index (χ2n) is 8.96. The summed E-state index contributed by atoms with van der Waals surface area (Å²) in [6.07, 6.45) is 4.40. The lowest BCUT2D eigenvalue weighted by Crippen LogP contribution is -2.56. The minimum Gasteiger partial charge on any atom is -0.389 e. The van der Waals surface area contributed by atoms with Gasteiger partial charge in [0.05, 0.1) is 5.60 Å². The van der Waals surface area contributed by atoms with Gasteiger partial charge >= 0.3 is 0 Å². The first-order valence-corrected chi connectivity index (χ1v) is 11.2. The van der Waals surface area contributed by atoms with Crippen LogP contribution in [0.4, 0.5) is 0 Å². The van der Waals surface area contributed by atoms with Gasteiger partial charge < -0.3 is 5.11 Å². The molecule has 156 valence electrons. The molecule has 0 bridgehead atoms. The van der Waals surface area contributed by atoms with Gasteiger partial charge in [-0.15, -0.1) is 0 Å². The van der Waals surface area contributed by atoms with Crippen molar-refractivity contribution in [2.45, 2.75) is 56.7 Å². The van der Waals surface area contributed by atoms with Gasteiger partial charge in [-0.05, 0) is 49.3 Å². The molecule has 1 N–H and O–H groups in total. The summed E-state index contributed by atoms with van der Waals surface area (Å²) >= 11 is 0. The van der Waals surface area contributed by atoms with Crippen molar-refractivity contribution in [3.63, 3.8) is 0 Å². The quantitative estimate of drug-likeness (QED) is 0.583. The second kappa shape index (κ2) is 9.59. The Morgan fingerprint density at radius 3 is 1.90 bits per heavy atom. The highest BCUT2D eigenvalue weighted by molar-refractivity contribution is 5.21. The van der Waals surface area contributed by atoms with E-state index in [1.807, 2.05) is 6.07 Å². The predicted molar refractivity (Wildman–Crippen MR) is 125 cm³/mol. The molecule has 30 heavy (non-hydrogen) atoms. The van der Waals surface area contributed by atoms with Crippen molar-refractivity contribution in [3.8, 4) is 0 Å². The van der Waals surface area contributed by atoms with E-state index in [-0.39, 0.29) is 0 Å². The number of rotatable bonds is 7. The summed E-state index contributed by atoms with van der Waals surface area (Å²) < 4.78 is 0. The van der Waals surface area contributed by atoms with Crippen LogP contribution in [0.3, 0.4) is 0 Å². The monoisotopic (exact) mass is 399 g/mol. The Labute approximate surface area is 181 Å². The molecule has 1 aliphatic rings. The molecule has 1 heterocycles. The minimum absolute atomic E-state index is 0.341. The molecule has 2 heteroatoms. The van der Waals surface area contributed by atoms with Crippen molar-refractivity contribution in [2.75, 3.05) is 6.54 Å². The Hall–Kier alpha value is -2.42. The zero-order valence-corrected chi connectivity index (χ0v) is 18.0. The number of piperidine rings is 1. The Morgan fingerprint density at radius 1 is 0.767 bits per heavy atom. The average Bonchev–Trinajstić information content (AvgIpc) is 2.75. The lowest BCUT2D eigenvalue weighted by Gasteiger charge is -2.48. The topological polar surface area (TPSA) is 23.5 Å². The van der Waals surface area contributed by atoms with Gasteiger partial charge in [-0.25, -0.2) is 0 Å². The zero-order chi connectivity index (χ0) is 20.8. The highest BCUT2D eigenvalue weighted by Gasteiger charge is 2.41. The molecular formula is C28H33NO. The van der Waals surface area contributed by atoms with E-state index in [0.717, 1.165) is 38.6 Å². The molecule has 3 atom stereocenters. The third-order valence-electron chi connectivity index (χ3n) is 6.52. The van der Waals surface area contributed by atoms with Gasteiger partial charge in [0.25, 0.3) is 0 Å². The van der Waals surface area contributed by atoms with Crippen molar-refractivity contribution < 1.29 is 5.11 Å². The lowest BCUT2D eigenvalue weighted by atomic mass is 9.77. The first-order chi connectivity index (χ1) is 14.6. The van der Waals surface area contributed by atoms with Crippen LogP contribution in [0.1, 0.15) is 36.5 Å². The highest BCUT2D eigenvalue weighted by Crippen LogP contribution is 2.35. The number of hydrogen-bond acceptors (Lipinski definition) is 2. The van der Waals surface area contributed by atoms with Gasteiger partial charge in [-0.2, -0.15) is 0 Å². The maximum absolute atomic E-state index is 11.6. The molecule has 0 unspecified atom stereocenters.